The van der Waals surface area contributed by atoms with Gasteiger partial charge in [0.05, 0.1) is 6.54 Å². The predicted octanol–water partition coefficient (Wildman–Crippen LogP) is 5.31. The molecule has 0 spiro atoms. The van der Waals surface area contributed by atoms with Crippen LogP contribution in [0.3, 0.4) is 0 Å². The van der Waals surface area contributed by atoms with Crippen LogP contribution in [0.2, 0.25) is 0 Å². The Kier molecular flexibility index (Phi) is 5.27. The van der Waals surface area contributed by atoms with Gasteiger partial charge in [-0.05, 0) is 41.1 Å². The molecule has 0 radical (unpaired) electrons. The molecule has 0 saturated carbocycles. The maximum atomic E-state index is 13.7. The van der Waals surface area contributed by atoms with Crippen molar-refractivity contribution < 1.29 is 18.0 Å². The van der Waals surface area contributed by atoms with Crippen LogP contribution < -0.4 is 0 Å². The number of aryl methyl sites for hydroxylation is 1. The summed E-state index contributed by atoms with van der Waals surface area (Å²) >= 11 is 1.55. The number of carbonyl (C=O) groups excluding carboxylic acids is 1. The zero-order valence-corrected chi connectivity index (χ0v) is 17.1. The molecule has 1 atom stereocenters. The van der Waals surface area contributed by atoms with Gasteiger partial charge in [-0.1, -0.05) is 30.8 Å². The second kappa shape index (κ2) is 7.75. The van der Waals surface area contributed by atoms with Gasteiger partial charge in [-0.3, -0.25) is 9.48 Å². The molecule has 1 amide bonds. The number of fused-ring (bicyclic) bond motifs is 1. The number of alkyl halides is 3. The quantitative estimate of drug-likeness (QED) is 0.525. The van der Waals surface area contributed by atoms with Crippen molar-refractivity contribution in [2.45, 2.75) is 32.1 Å². The highest BCUT2D eigenvalue weighted by molar-refractivity contribution is 7.10. The SMILES string of the molecule is C=CC(=O)N1Cc2sccc2C(c2ccccc2-c2cn(CC)nc2C(F)(F)F)C1. The van der Waals surface area contributed by atoms with Crippen molar-refractivity contribution in [1.29, 1.82) is 0 Å². The van der Waals surface area contributed by atoms with E-state index in [0.29, 0.717) is 25.2 Å². The molecule has 3 aromatic rings. The van der Waals surface area contributed by atoms with E-state index in [4.69, 9.17) is 0 Å². The lowest BCUT2D eigenvalue weighted by atomic mass is 9.84. The maximum absolute atomic E-state index is 13.7. The van der Waals surface area contributed by atoms with Gasteiger partial charge in [0.1, 0.15) is 0 Å². The number of hydrogen-bond acceptors (Lipinski definition) is 3. The molecule has 0 bridgehead atoms. The molecule has 0 saturated heterocycles. The summed E-state index contributed by atoms with van der Waals surface area (Å²) in [6.45, 7) is 6.53. The second-order valence-electron chi connectivity index (χ2n) is 7.11. The van der Waals surface area contributed by atoms with Crippen LogP contribution in [0.4, 0.5) is 13.2 Å². The van der Waals surface area contributed by atoms with Gasteiger partial charge in [-0.15, -0.1) is 11.3 Å². The standard InChI is InChI=1S/C22H20F3N3OS/c1-3-20(29)27-11-17(16-9-10-30-19(16)13-27)14-7-5-6-8-15(14)18-12-28(4-2)26-21(18)22(23,24)25/h3,5-10,12,17H,1,4,11,13H2,2H3. The highest BCUT2D eigenvalue weighted by atomic mass is 32.1. The summed E-state index contributed by atoms with van der Waals surface area (Å²) in [6, 6.07) is 9.08. The molecule has 1 aliphatic heterocycles. The Morgan fingerprint density at radius 3 is 2.73 bits per heavy atom. The lowest BCUT2D eigenvalue weighted by Gasteiger charge is -2.33. The van der Waals surface area contributed by atoms with Gasteiger partial charge >= 0.3 is 6.18 Å². The van der Waals surface area contributed by atoms with Crippen LogP contribution >= 0.6 is 11.3 Å². The van der Waals surface area contributed by atoms with Crippen molar-refractivity contribution in [2.75, 3.05) is 6.54 Å². The Hall–Kier alpha value is -2.87. The Morgan fingerprint density at radius 1 is 1.27 bits per heavy atom. The number of halogens is 3. The molecule has 156 valence electrons. The molecule has 0 aliphatic carbocycles. The van der Waals surface area contributed by atoms with Crippen molar-refractivity contribution in [2.24, 2.45) is 0 Å². The Morgan fingerprint density at radius 2 is 2.03 bits per heavy atom. The molecule has 8 heteroatoms. The molecule has 4 rings (SSSR count). The lowest BCUT2D eigenvalue weighted by molar-refractivity contribution is -0.141. The fourth-order valence-electron chi connectivity index (χ4n) is 3.94. The van der Waals surface area contributed by atoms with E-state index in [0.717, 1.165) is 16.0 Å². The Labute approximate surface area is 176 Å². The van der Waals surface area contributed by atoms with Crippen molar-refractivity contribution in [3.63, 3.8) is 0 Å². The minimum atomic E-state index is -4.56. The fourth-order valence-corrected chi connectivity index (χ4v) is 4.90. The first-order valence-electron chi connectivity index (χ1n) is 9.55. The topological polar surface area (TPSA) is 38.1 Å². The molecular formula is C22H20F3N3OS. The van der Waals surface area contributed by atoms with Crippen molar-refractivity contribution in [3.8, 4) is 11.1 Å². The largest absolute Gasteiger partial charge is 0.435 e. The number of benzene rings is 1. The van der Waals surface area contributed by atoms with Crippen LogP contribution in [0.5, 0.6) is 0 Å². The van der Waals surface area contributed by atoms with Crippen LogP contribution in [0.15, 0.2) is 54.6 Å². The van der Waals surface area contributed by atoms with Crippen LogP contribution in [0, 0.1) is 0 Å². The summed E-state index contributed by atoms with van der Waals surface area (Å²) < 4.78 is 42.5. The van der Waals surface area contributed by atoms with Crippen molar-refractivity contribution in [1.82, 2.24) is 14.7 Å². The number of aromatic nitrogens is 2. The summed E-state index contributed by atoms with van der Waals surface area (Å²) in [5.41, 5.74) is 1.46. The highest BCUT2D eigenvalue weighted by Gasteiger charge is 2.39. The lowest BCUT2D eigenvalue weighted by Crippen LogP contribution is -2.37. The average molecular weight is 431 g/mol. The number of nitrogens with zero attached hydrogens (tertiary/aromatic N) is 3. The maximum Gasteiger partial charge on any atom is 0.435 e. The number of carbonyl (C=O) groups is 1. The van der Waals surface area contributed by atoms with Crippen LogP contribution in [0.25, 0.3) is 11.1 Å². The summed E-state index contributed by atoms with van der Waals surface area (Å²) in [5.74, 6) is -0.419. The van der Waals surface area contributed by atoms with Crippen LogP contribution in [0.1, 0.15) is 34.5 Å². The number of thiophene rings is 1. The second-order valence-corrected chi connectivity index (χ2v) is 8.11. The third-order valence-corrected chi connectivity index (χ3v) is 6.28. The van der Waals surface area contributed by atoms with E-state index in [-0.39, 0.29) is 17.4 Å². The first-order chi connectivity index (χ1) is 14.3. The van der Waals surface area contributed by atoms with Crippen LogP contribution in [-0.2, 0) is 24.1 Å². The van der Waals surface area contributed by atoms with E-state index in [1.54, 1.807) is 35.3 Å². The minimum absolute atomic E-state index is 0.0592. The van der Waals surface area contributed by atoms with Gasteiger partial charge in [0, 0.05) is 35.6 Å². The Bertz CT molecular complexity index is 1100. The molecule has 0 fully saturated rings. The minimum Gasteiger partial charge on any atom is -0.333 e. The fraction of sp³-hybridized carbons (Fsp3) is 0.273. The molecule has 1 unspecified atom stereocenters. The van der Waals surface area contributed by atoms with E-state index in [2.05, 4.69) is 11.7 Å². The van der Waals surface area contributed by atoms with E-state index in [9.17, 15) is 18.0 Å². The first-order valence-corrected chi connectivity index (χ1v) is 10.4. The van der Waals surface area contributed by atoms with Gasteiger partial charge in [0.2, 0.25) is 5.91 Å². The molecule has 30 heavy (non-hydrogen) atoms. The predicted molar refractivity (Wildman–Crippen MR) is 110 cm³/mol. The number of hydrogen-bond donors (Lipinski definition) is 0. The monoisotopic (exact) mass is 431 g/mol. The van der Waals surface area contributed by atoms with Gasteiger partial charge in [-0.25, -0.2) is 0 Å². The van der Waals surface area contributed by atoms with E-state index in [1.165, 1.54) is 17.0 Å². The van der Waals surface area contributed by atoms with Gasteiger partial charge in [0.25, 0.3) is 0 Å². The highest BCUT2D eigenvalue weighted by Crippen LogP contribution is 2.43. The number of rotatable bonds is 4. The first kappa shape index (κ1) is 20.4. The zero-order valence-electron chi connectivity index (χ0n) is 16.3. The molecule has 4 nitrogen and oxygen atoms in total. The molecule has 2 aromatic heterocycles. The number of amides is 1. The normalized spacial score (nSPS) is 16.4. The summed E-state index contributed by atoms with van der Waals surface area (Å²) in [6.07, 6.45) is -1.84. The van der Waals surface area contributed by atoms with E-state index >= 15 is 0 Å². The van der Waals surface area contributed by atoms with Gasteiger partial charge in [-0.2, -0.15) is 18.3 Å². The van der Waals surface area contributed by atoms with Gasteiger partial charge in [0.15, 0.2) is 5.69 Å². The van der Waals surface area contributed by atoms with E-state index < -0.39 is 11.9 Å². The smallest absolute Gasteiger partial charge is 0.333 e. The van der Waals surface area contributed by atoms with Crippen molar-refractivity contribution >= 4 is 17.2 Å². The molecular weight excluding hydrogens is 411 g/mol. The third-order valence-electron chi connectivity index (χ3n) is 5.36. The zero-order chi connectivity index (χ0) is 21.5. The third kappa shape index (κ3) is 3.56. The summed E-state index contributed by atoms with van der Waals surface area (Å²) in [5, 5.41) is 5.73. The molecule has 1 aliphatic rings. The molecule has 3 heterocycles. The summed E-state index contributed by atoms with van der Waals surface area (Å²) in [7, 11) is 0. The average Bonchev–Trinajstić information content (AvgIpc) is 3.39. The van der Waals surface area contributed by atoms with E-state index in [1.807, 2.05) is 23.6 Å². The molecule has 1 aromatic carbocycles. The molecule has 0 N–H and O–H groups in total. The van der Waals surface area contributed by atoms with Crippen molar-refractivity contribution in [3.05, 3.63) is 76.3 Å². The van der Waals surface area contributed by atoms with Gasteiger partial charge < -0.3 is 4.90 Å². The summed E-state index contributed by atoms with van der Waals surface area (Å²) in [4.78, 5) is 15.0. The Balaban J connectivity index is 1.87. The van der Waals surface area contributed by atoms with Crippen LogP contribution in [-0.4, -0.2) is 27.1 Å².